The lowest BCUT2D eigenvalue weighted by atomic mass is 10.1. The zero-order valence-electron chi connectivity index (χ0n) is 17.1. The summed E-state index contributed by atoms with van der Waals surface area (Å²) in [5.41, 5.74) is 2.12. The Bertz CT molecular complexity index is 1500. The fourth-order valence-corrected chi connectivity index (χ4v) is 6.93. The molecule has 2 heterocycles. The molecule has 0 radical (unpaired) electrons. The molecule has 5 nitrogen and oxygen atoms in total. The Balaban J connectivity index is 1.57. The van der Waals surface area contributed by atoms with Gasteiger partial charge in [0, 0.05) is 22.2 Å². The number of rotatable bonds is 5. The number of aryl methyl sites for hydroxylation is 1. The van der Waals surface area contributed by atoms with E-state index in [0.717, 1.165) is 20.6 Å². The van der Waals surface area contributed by atoms with E-state index in [1.165, 1.54) is 21.0 Å². The molecule has 0 N–H and O–H groups in total. The molecule has 32 heavy (non-hydrogen) atoms. The number of fused-ring (bicyclic) bond motifs is 4. The van der Waals surface area contributed by atoms with Gasteiger partial charge in [0.1, 0.15) is 11.7 Å². The number of hydrogen-bond acceptors (Lipinski definition) is 6. The molecule has 1 aliphatic rings. The molecule has 0 spiro atoms. The van der Waals surface area contributed by atoms with E-state index in [0.29, 0.717) is 11.6 Å². The molecular weight excluding hydrogens is 484 g/mol. The quantitative estimate of drug-likeness (QED) is 0.271. The lowest BCUT2D eigenvalue weighted by Gasteiger charge is -2.20. The number of thiazole rings is 1. The minimum atomic E-state index is -4.25. The lowest BCUT2D eigenvalue weighted by Crippen LogP contribution is -2.30. The summed E-state index contributed by atoms with van der Waals surface area (Å²) in [5, 5.41) is 5.09. The maximum Gasteiger partial charge on any atom is 0.265 e. The fraction of sp³-hybridized carbons (Fsp3) is 0.174. The van der Waals surface area contributed by atoms with Gasteiger partial charge in [0.05, 0.1) is 32.3 Å². The van der Waals surface area contributed by atoms with Gasteiger partial charge in [-0.25, -0.2) is 8.42 Å². The Kier molecular flexibility index (Phi) is 5.67. The van der Waals surface area contributed by atoms with E-state index in [9.17, 15) is 13.0 Å². The van der Waals surface area contributed by atoms with E-state index in [-0.39, 0.29) is 12.2 Å². The van der Waals surface area contributed by atoms with Gasteiger partial charge >= 0.3 is 0 Å². The number of aromatic nitrogens is 1. The van der Waals surface area contributed by atoms with Gasteiger partial charge in [-0.3, -0.25) is 0 Å². The SMILES string of the molecule is C[n+]1c(C=C2Sc3ccc(Cl)cc3N2CCCS(=O)(=O)[O-])sc2ccc3ccccc3c21. The molecule has 0 bridgehead atoms. The summed E-state index contributed by atoms with van der Waals surface area (Å²) in [4.78, 5) is 3.11. The molecular formula is C23H19ClN2O3S3. The van der Waals surface area contributed by atoms with Crippen LogP contribution >= 0.6 is 34.7 Å². The predicted octanol–water partition coefficient (Wildman–Crippen LogP) is 5.38. The van der Waals surface area contributed by atoms with Gasteiger partial charge in [0.2, 0.25) is 5.52 Å². The Morgan fingerprint density at radius 3 is 2.78 bits per heavy atom. The monoisotopic (exact) mass is 502 g/mol. The normalized spacial score (nSPS) is 15.2. The van der Waals surface area contributed by atoms with Crippen LogP contribution in [-0.2, 0) is 17.2 Å². The first-order chi connectivity index (χ1) is 15.3. The van der Waals surface area contributed by atoms with Crippen LogP contribution in [0.1, 0.15) is 11.4 Å². The molecule has 5 rings (SSSR count). The van der Waals surface area contributed by atoms with Crippen molar-refractivity contribution in [3.05, 3.63) is 69.7 Å². The molecule has 0 aliphatic carbocycles. The fourth-order valence-electron chi connectivity index (χ4n) is 4.00. The average Bonchev–Trinajstić information content (AvgIpc) is 3.25. The second-order valence-corrected chi connectivity index (χ2v) is 11.7. The maximum atomic E-state index is 11.1. The van der Waals surface area contributed by atoms with Gasteiger partial charge in [-0.1, -0.05) is 59.0 Å². The van der Waals surface area contributed by atoms with Crippen LogP contribution in [0.2, 0.25) is 5.02 Å². The minimum absolute atomic E-state index is 0.249. The first-order valence-electron chi connectivity index (χ1n) is 10.0. The molecule has 9 heteroatoms. The summed E-state index contributed by atoms with van der Waals surface area (Å²) in [6, 6.07) is 18.3. The number of benzene rings is 3. The second-order valence-electron chi connectivity index (χ2n) is 7.60. The number of nitrogens with zero attached hydrogens (tertiary/aromatic N) is 2. The maximum absolute atomic E-state index is 11.1. The van der Waals surface area contributed by atoms with Crippen molar-refractivity contribution in [2.45, 2.75) is 11.3 Å². The average molecular weight is 503 g/mol. The van der Waals surface area contributed by atoms with E-state index in [1.54, 1.807) is 23.1 Å². The number of halogens is 1. The van der Waals surface area contributed by atoms with Gasteiger partial charge < -0.3 is 9.45 Å². The van der Waals surface area contributed by atoms with Crippen molar-refractivity contribution < 1.29 is 17.5 Å². The van der Waals surface area contributed by atoms with Crippen molar-refractivity contribution >= 4 is 77.6 Å². The minimum Gasteiger partial charge on any atom is -0.748 e. The van der Waals surface area contributed by atoms with E-state index < -0.39 is 10.1 Å². The highest BCUT2D eigenvalue weighted by molar-refractivity contribution is 8.03. The number of thioether (sulfide) groups is 1. The molecule has 1 aliphatic heterocycles. The molecule has 0 saturated carbocycles. The zero-order chi connectivity index (χ0) is 22.5. The van der Waals surface area contributed by atoms with Crippen LogP contribution in [0.3, 0.4) is 0 Å². The van der Waals surface area contributed by atoms with Gasteiger partial charge in [0.15, 0.2) is 0 Å². The van der Waals surface area contributed by atoms with E-state index in [2.05, 4.69) is 52.9 Å². The largest absolute Gasteiger partial charge is 0.748 e. The molecule has 0 amide bonds. The molecule has 4 aromatic rings. The third kappa shape index (κ3) is 4.13. The second kappa shape index (κ2) is 8.35. The summed E-state index contributed by atoms with van der Waals surface area (Å²) in [7, 11) is -2.19. The summed E-state index contributed by atoms with van der Waals surface area (Å²) < 4.78 is 36.7. The Hall–Kier alpha value is -2.10. The van der Waals surface area contributed by atoms with Crippen LogP contribution in [0.25, 0.3) is 27.1 Å². The molecule has 164 valence electrons. The first-order valence-corrected chi connectivity index (χ1v) is 13.6. The van der Waals surface area contributed by atoms with Crippen molar-refractivity contribution in [2.75, 3.05) is 17.2 Å². The summed E-state index contributed by atoms with van der Waals surface area (Å²) >= 11 is 9.57. The topological polar surface area (TPSA) is 64.3 Å². The Morgan fingerprint density at radius 2 is 1.97 bits per heavy atom. The van der Waals surface area contributed by atoms with Crippen molar-refractivity contribution in [3.63, 3.8) is 0 Å². The van der Waals surface area contributed by atoms with Gasteiger partial charge in [-0.2, -0.15) is 4.57 Å². The Morgan fingerprint density at radius 1 is 1.16 bits per heavy atom. The molecule has 3 aromatic carbocycles. The first kappa shape index (κ1) is 21.7. The van der Waals surface area contributed by atoms with E-state index in [1.807, 2.05) is 24.3 Å². The third-order valence-corrected chi connectivity index (χ3v) is 8.75. The number of hydrogen-bond donors (Lipinski definition) is 0. The molecule has 1 aromatic heterocycles. The molecule has 0 atom stereocenters. The predicted molar refractivity (Wildman–Crippen MR) is 132 cm³/mol. The van der Waals surface area contributed by atoms with Crippen LogP contribution in [0.4, 0.5) is 5.69 Å². The summed E-state index contributed by atoms with van der Waals surface area (Å²) in [6.45, 7) is 0.422. The van der Waals surface area contributed by atoms with E-state index >= 15 is 0 Å². The van der Waals surface area contributed by atoms with Crippen LogP contribution in [0.5, 0.6) is 0 Å². The van der Waals surface area contributed by atoms with Crippen molar-refractivity contribution in [1.82, 2.24) is 0 Å². The van der Waals surface area contributed by atoms with Gasteiger partial charge in [0.25, 0.3) is 5.01 Å². The lowest BCUT2D eigenvalue weighted by molar-refractivity contribution is -0.641. The van der Waals surface area contributed by atoms with Crippen LogP contribution in [0, 0.1) is 0 Å². The zero-order valence-corrected chi connectivity index (χ0v) is 20.3. The summed E-state index contributed by atoms with van der Waals surface area (Å²) in [6.07, 6.45) is 2.38. The molecule has 0 unspecified atom stereocenters. The van der Waals surface area contributed by atoms with Crippen molar-refractivity contribution in [3.8, 4) is 0 Å². The van der Waals surface area contributed by atoms with Crippen molar-refractivity contribution in [2.24, 2.45) is 7.05 Å². The smallest absolute Gasteiger partial charge is 0.265 e. The van der Waals surface area contributed by atoms with Gasteiger partial charge in [-0.05, 0) is 42.1 Å². The third-order valence-electron chi connectivity index (χ3n) is 5.46. The van der Waals surface area contributed by atoms with Gasteiger partial charge in [-0.15, -0.1) is 0 Å². The van der Waals surface area contributed by atoms with Crippen LogP contribution < -0.4 is 9.47 Å². The molecule has 0 saturated heterocycles. The Labute approximate surface area is 199 Å². The molecule has 0 fully saturated rings. The van der Waals surface area contributed by atoms with E-state index in [4.69, 9.17) is 11.6 Å². The van der Waals surface area contributed by atoms with Crippen LogP contribution in [0.15, 0.2) is 64.5 Å². The van der Waals surface area contributed by atoms with Crippen molar-refractivity contribution in [1.29, 1.82) is 0 Å². The standard InChI is InChI=1S/C23H19ClN2O3S3/c1-25-21(31-20-9-7-15-5-2-3-6-17(15)23(20)25)14-22-26(11-4-12-32(27,28)29)18-13-16(24)8-10-19(18)30-22/h2-3,5-10,13-14H,4,11-12H2,1H3. The highest BCUT2D eigenvalue weighted by atomic mass is 35.5. The van der Waals surface area contributed by atoms with Crippen LogP contribution in [-0.4, -0.2) is 25.3 Å². The highest BCUT2D eigenvalue weighted by Crippen LogP contribution is 2.48. The summed E-state index contributed by atoms with van der Waals surface area (Å²) in [5.74, 6) is -0.389. The number of anilines is 1. The highest BCUT2D eigenvalue weighted by Gasteiger charge is 2.28.